The van der Waals surface area contributed by atoms with Crippen molar-refractivity contribution in [3.8, 4) is 17.6 Å². The van der Waals surface area contributed by atoms with Crippen LogP contribution in [-0.2, 0) is 0 Å². The molecule has 2 aromatic carbocycles. The first-order chi connectivity index (χ1) is 10.4. The van der Waals surface area contributed by atoms with Gasteiger partial charge < -0.3 is 14.8 Å². The minimum absolute atomic E-state index is 0.0428. The maximum atomic E-state index is 9.03. The van der Waals surface area contributed by atoms with Crippen molar-refractivity contribution in [3.05, 3.63) is 54.1 Å². The normalized spacial score (nSPS) is 14.0. The van der Waals surface area contributed by atoms with Gasteiger partial charge in [0.15, 0.2) is 11.5 Å². The molecule has 2 aromatic rings. The van der Waals surface area contributed by atoms with Gasteiger partial charge in [0.05, 0.1) is 18.5 Å². The highest BCUT2D eigenvalue weighted by Crippen LogP contribution is 2.34. The van der Waals surface area contributed by atoms with Crippen LogP contribution in [0, 0.1) is 11.3 Å². The van der Waals surface area contributed by atoms with E-state index in [1.165, 1.54) is 0 Å². The molecule has 0 bridgehead atoms. The molecule has 1 unspecified atom stereocenters. The van der Waals surface area contributed by atoms with Gasteiger partial charge in [-0.2, -0.15) is 5.26 Å². The minimum atomic E-state index is -0.0428. The number of nitriles is 1. The monoisotopic (exact) mass is 280 g/mol. The van der Waals surface area contributed by atoms with Crippen molar-refractivity contribution in [2.75, 3.05) is 18.5 Å². The third kappa shape index (κ3) is 3.09. The van der Waals surface area contributed by atoms with E-state index in [1.54, 1.807) is 0 Å². The van der Waals surface area contributed by atoms with Crippen molar-refractivity contribution in [1.82, 2.24) is 0 Å². The molecule has 0 aliphatic carbocycles. The smallest absolute Gasteiger partial charge is 0.163 e. The van der Waals surface area contributed by atoms with Crippen molar-refractivity contribution in [2.24, 2.45) is 0 Å². The van der Waals surface area contributed by atoms with Gasteiger partial charge in [-0.05, 0) is 17.7 Å². The first kappa shape index (κ1) is 13.3. The lowest BCUT2D eigenvalue weighted by atomic mass is 10.0. The Morgan fingerprint density at radius 3 is 2.57 bits per heavy atom. The summed E-state index contributed by atoms with van der Waals surface area (Å²) in [4.78, 5) is 0. The molecule has 0 fully saturated rings. The number of ether oxygens (including phenoxy) is 2. The predicted octanol–water partition coefficient (Wildman–Crippen LogP) is 3.52. The predicted molar refractivity (Wildman–Crippen MR) is 80.5 cm³/mol. The summed E-state index contributed by atoms with van der Waals surface area (Å²) in [7, 11) is 0. The maximum Gasteiger partial charge on any atom is 0.163 e. The van der Waals surface area contributed by atoms with Crippen molar-refractivity contribution in [2.45, 2.75) is 12.5 Å². The van der Waals surface area contributed by atoms with Crippen molar-refractivity contribution >= 4 is 5.69 Å². The number of benzene rings is 2. The fourth-order valence-electron chi connectivity index (χ4n) is 2.36. The van der Waals surface area contributed by atoms with E-state index in [9.17, 15) is 0 Å². The van der Waals surface area contributed by atoms with E-state index in [2.05, 4.69) is 11.4 Å². The Balaban J connectivity index is 1.81. The quantitative estimate of drug-likeness (QED) is 0.931. The van der Waals surface area contributed by atoms with Crippen molar-refractivity contribution < 1.29 is 9.47 Å². The number of rotatable bonds is 4. The highest BCUT2D eigenvalue weighted by Gasteiger charge is 2.15. The summed E-state index contributed by atoms with van der Waals surface area (Å²) < 4.78 is 11.1. The molecular weight excluding hydrogens is 264 g/mol. The second-order valence-corrected chi connectivity index (χ2v) is 4.83. The Bertz CT molecular complexity index is 650. The summed E-state index contributed by atoms with van der Waals surface area (Å²) in [6.45, 7) is 1.15. The number of fused-ring (bicyclic) bond motifs is 1. The molecule has 106 valence electrons. The van der Waals surface area contributed by atoms with Crippen LogP contribution >= 0.6 is 0 Å². The minimum Gasteiger partial charge on any atom is -0.486 e. The lowest BCUT2D eigenvalue weighted by Gasteiger charge is -2.21. The number of nitrogens with zero attached hydrogens (tertiary/aromatic N) is 1. The zero-order chi connectivity index (χ0) is 14.5. The lowest BCUT2D eigenvalue weighted by molar-refractivity contribution is 0.171. The molecule has 0 radical (unpaired) electrons. The molecule has 0 spiro atoms. The van der Waals surface area contributed by atoms with E-state index in [4.69, 9.17) is 14.7 Å². The summed E-state index contributed by atoms with van der Waals surface area (Å²) in [5, 5.41) is 12.4. The number of hydrogen-bond donors (Lipinski definition) is 1. The fraction of sp³-hybridized carbons (Fsp3) is 0.235. The van der Waals surface area contributed by atoms with E-state index in [0.717, 1.165) is 22.7 Å². The number of hydrogen-bond acceptors (Lipinski definition) is 4. The van der Waals surface area contributed by atoms with Gasteiger partial charge in [0.2, 0.25) is 0 Å². The second kappa shape index (κ2) is 6.19. The summed E-state index contributed by atoms with van der Waals surface area (Å²) in [5.41, 5.74) is 2.01. The SMILES string of the molecule is N#CCC(Nc1ccc2c(c1)OCCO2)c1ccccc1. The van der Waals surface area contributed by atoms with Crippen molar-refractivity contribution in [1.29, 1.82) is 5.26 Å². The number of nitrogens with one attached hydrogen (secondary N) is 1. The van der Waals surface area contributed by atoms with Gasteiger partial charge >= 0.3 is 0 Å². The summed E-state index contributed by atoms with van der Waals surface area (Å²) in [5.74, 6) is 1.51. The van der Waals surface area contributed by atoms with E-state index < -0.39 is 0 Å². The van der Waals surface area contributed by atoms with Gasteiger partial charge in [0.1, 0.15) is 13.2 Å². The van der Waals surface area contributed by atoms with E-state index in [0.29, 0.717) is 19.6 Å². The Morgan fingerprint density at radius 2 is 1.81 bits per heavy atom. The Labute approximate surface area is 123 Å². The van der Waals surface area contributed by atoms with E-state index >= 15 is 0 Å². The molecule has 1 heterocycles. The van der Waals surface area contributed by atoms with Crippen LogP contribution in [0.25, 0.3) is 0 Å². The lowest BCUT2D eigenvalue weighted by Crippen LogP contribution is -2.16. The zero-order valence-electron chi connectivity index (χ0n) is 11.6. The van der Waals surface area contributed by atoms with Crippen LogP contribution in [0.1, 0.15) is 18.0 Å². The molecule has 3 rings (SSSR count). The average Bonchev–Trinajstić information content (AvgIpc) is 2.55. The molecule has 1 aliphatic heterocycles. The van der Waals surface area contributed by atoms with Gasteiger partial charge in [0.25, 0.3) is 0 Å². The Hall–Kier alpha value is -2.67. The van der Waals surface area contributed by atoms with Crippen LogP contribution in [0.2, 0.25) is 0 Å². The van der Waals surface area contributed by atoms with E-state index in [1.807, 2.05) is 48.5 Å². The highest BCUT2D eigenvalue weighted by atomic mass is 16.6. The Kier molecular flexibility index (Phi) is 3.92. The summed E-state index contributed by atoms with van der Waals surface area (Å²) >= 11 is 0. The van der Waals surface area contributed by atoms with Crippen LogP contribution in [-0.4, -0.2) is 13.2 Å². The van der Waals surface area contributed by atoms with Gasteiger partial charge in [-0.1, -0.05) is 30.3 Å². The van der Waals surface area contributed by atoms with Crippen LogP contribution in [0.3, 0.4) is 0 Å². The molecule has 1 N–H and O–H groups in total. The first-order valence-electron chi connectivity index (χ1n) is 6.95. The molecule has 21 heavy (non-hydrogen) atoms. The molecule has 0 amide bonds. The van der Waals surface area contributed by atoms with Crippen LogP contribution in [0.15, 0.2) is 48.5 Å². The van der Waals surface area contributed by atoms with Crippen LogP contribution in [0.4, 0.5) is 5.69 Å². The summed E-state index contributed by atoms with van der Waals surface area (Å²) in [6, 6.07) is 17.9. The van der Waals surface area contributed by atoms with Crippen LogP contribution in [0.5, 0.6) is 11.5 Å². The molecule has 0 saturated carbocycles. The molecule has 0 aromatic heterocycles. The van der Waals surface area contributed by atoms with Crippen molar-refractivity contribution in [3.63, 3.8) is 0 Å². The molecule has 1 atom stereocenters. The first-order valence-corrected chi connectivity index (χ1v) is 6.95. The van der Waals surface area contributed by atoms with Gasteiger partial charge in [-0.25, -0.2) is 0 Å². The number of anilines is 1. The topological polar surface area (TPSA) is 54.3 Å². The Morgan fingerprint density at radius 1 is 1.05 bits per heavy atom. The third-order valence-corrected chi connectivity index (χ3v) is 3.38. The molecule has 0 saturated heterocycles. The maximum absolute atomic E-state index is 9.03. The molecule has 4 nitrogen and oxygen atoms in total. The van der Waals surface area contributed by atoms with Gasteiger partial charge in [0, 0.05) is 11.8 Å². The zero-order valence-corrected chi connectivity index (χ0v) is 11.6. The van der Waals surface area contributed by atoms with Gasteiger partial charge in [-0.3, -0.25) is 0 Å². The van der Waals surface area contributed by atoms with Gasteiger partial charge in [-0.15, -0.1) is 0 Å². The standard InChI is InChI=1S/C17H16N2O2/c18-9-8-15(13-4-2-1-3-5-13)19-14-6-7-16-17(12-14)21-11-10-20-16/h1-7,12,15,19H,8,10-11H2. The molecular formula is C17H16N2O2. The molecule has 4 heteroatoms. The van der Waals surface area contributed by atoms with E-state index in [-0.39, 0.29) is 6.04 Å². The third-order valence-electron chi connectivity index (χ3n) is 3.38. The average molecular weight is 280 g/mol. The summed E-state index contributed by atoms with van der Waals surface area (Å²) in [6.07, 6.45) is 0.401. The fourth-order valence-corrected chi connectivity index (χ4v) is 2.36. The highest BCUT2D eigenvalue weighted by molar-refractivity contribution is 5.56. The second-order valence-electron chi connectivity index (χ2n) is 4.83. The molecule has 1 aliphatic rings. The van der Waals surface area contributed by atoms with Crippen LogP contribution < -0.4 is 14.8 Å². The largest absolute Gasteiger partial charge is 0.486 e.